The van der Waals surface area contributed by atoms with Gasteiger partial charge in [-0.15, -0.1) is 0 Å². The van der Waals surface area contributed by atoms with Crippen LogP contribution in [0.5, 0.6) is 0 Å². The second-order valence-corrected chi connectivity index (χ2v) is 5.51. The van der Waals surface area contributed by atoms with Gasteiger partial charge in [0.25, 0.3) is 0 Å². The highest BCUT2D eigenvalue weighted by molar-refractivity contribution is 5.81. The summed E-state index contributed by atoms with van der Waals surface area (Å²) in [5, 5.41) is 5.91. The molecule has 21 heavy (non-hydrogen) atoms. The van der Waals surface area contributed by atoms with Crippen LogP contribution in [0.2, 0.25) is 0 Å². The third-order valence-electron chi connectivity index (χ3n) is 3.77. The smallest absolute Gasteiger partial charge is 0.310 e. The summed E-state index contributed by atoms with van der Waals surface area (Å²) >= 11 is 0. The Morgan fingerprint density at radius 1 is 1.43 bits per heavy atom. The number of esters is 1. The van der Waals surface area contributed by atoms with E-state index in [-0.39, 0.29) is 23.7 Å². The number of rotatable bonds is 6. The van der Waals surface area contributed by atoms with Crippen molar-refractivity contribution in [3.8, 4) is 0 Å². The number of methoxy groups -OCH3 is 1. The predicted octanol–water partition coefficient (Wildman–Crippen LogP) is 0.662. The van der Waals surface area contributed by atoms with Crippen LogP contribution in [0.25, 0.3) is 0 Å². The van der Waals surface area contributed by atoms with Gasteiger partial charge in [0.1, 0.15) is 0 Å². The van der Waals surface area contributed by atoms with E-state index < -0.39 is 0 Å². The Balaban J connectivity index is 1.94. The highest BCUT2D eigenvalue weighted by Gasteiger charge is 2.27. The van der Waals surface area contributed by atoms with E-state index in [1.807, 2.05) is 31.2 Å². The monoisotopic (exact) mass is 290 g/mol. The molecule has 1 aromatic carbocycles. The van der Waals surface area contributed by atoms with Gasteiger partial charge in [0.2, 0.25) is 5.91 Å². The van der Waals surface area contributed by atoms with Gasteiger partial charge in [-0.25, -0.2) is 0 Å². The number of hydrogen-bond acceptors (Lipinski definition) is 4. The Morgan fingerprint density at radius 3 is 2.76 bits per heavy atom. The first-order valence-corrected chi connectivity index (χ1v) is 7.22. The van der Waals surface area contributed by atoms with Gasteiger partial charge in [-0.1, -0.05) is 29.8 Å². The summed E-state index contributed by atoms with van der Waals surface area (Å²) in [6, 6.07) is 8.02. The highest BCUT2D eigenvalue weighted by atomic mass is 16.5. The average molecular weight is 290 g/mol. The van der Waals surface area contributed by atoms with Crippen LogP contribution >= 0.6 is 0 Å². The minimum atomic E-state index is -0.353. The lowest BCUT2D eigenvalue weighted by molar-refractivity contribution is -0.145. The van der Waals surface area contributed by atoms with E-state index in [1.54, 1.807) is 0 Å². The molecule has 5 nitrogen and oxygen atoms in total. The van der Waals surface area contributed by atoms with E-state index in [9.17, 15) is 9.59 Å². The van der Waals surface area contributed by atoms with Crippen LogP contribution in [0.15, 0.2) is 24.3 Å². The Kier molecular flexibility index (Phi) is 5.33. The van der Waals surface area contributed by atoms with Crippen LogP contribution in [0.1, 0.15) is 11.1 Å². The standard InChI is InChI=1S/C16H22N2O3/c1-11-4-3-5-12(6-11)7-13(16(20)21-2)10-18-15(19)14-8-17-9-14/h3-6,13-14,17H,7-10H2,1-2H3,(H,18,19). The third kappa shape index (κ3) is 4.29. The molecule has 1 atom stereocenters. The largest absolute Gasteiger partial charge is 0.469 e. The van der Waals surface area contributed by atoms with Gasteiger partial charge >= 0.3 is 5.97 Å². The Labute approximate surface area is 125 Å². The maximum Gasteiger partial charge on any atom is 0.310 e. The SMILES string of the molecule is COC(=O)C(CNC(=O)C1CNC1)Cc1cccc(C)c1. The molecule has 0 spiro atoms. The quantitative estimate of drug-likeness (QED) is 0.755. The van der Waals surface area contributed by atoms with Crippen LogP contribution in [-0.2, 0) is 20.7 Å². The van der Waals surface area contributed by atoms with E-state index >= 15 is 0 Å². The van der Waals surface area contributed by atoms with Crippen molar-refractivity contribution in [2.75, 3.05) is 26.7 Å². The van der Waals surface area contributed by atoms with Crippen LogP contribution in [0.4, 0.5) is 0 Å². The molecule has 2 N–H and O–H groups in total. The molecule has 0 radical (unpaired) electrons. The molecule has 0 saturated carbocycles. The second-order valence-electron chi connectivity index (χ2n) is 5.51. The number of carbonyl (C=O) groups excluding carboxylic acids is 2. The summed E-state index contributed by atoms with van der Waals surface area (Å²) in [5.41, 5.74) is 2.23. The molecule has 0 aliphatic carbocycles. The molecule has 0 bridgehead atoms. The number of carbonyl (C=O) groups is 2. The molecule has 0 aromatic heterocycles. The average Bonchev–Trinajstić information content (AvgIpc) is 2.40. The van der Waals surface area contributed by atoms with Crippen LogP contribution in [0.3, 0.4) is 0 Å². The molecule has 5 heteroatoms. The maximum absolute atomic E-state index is 11.9. The molecular weight excluding hydrogens is 268 g/mol. The van der Waals surface area contributed by atoms with E-state index in [2.05, 4.69) is 10.6 Å². The summed E-state index contributed by atoms with van der Waals surface area (Å²) in [5.74, 6) is -0.605. The summed E-state index contributed by atoms with van der Waals surface area (Å²) in [6.07, 6.45) is 0.567. The van der Waals surface area contributed by atoms with Gasteiger partial charge in [0.15, 0.2) is 0 Å². The molecule has 1 amide bonds. The summed E-state index contributed by atoms with van der Waals surface area (Å²) in [7, 11) is 1.38. The number of nitrogens with one attached hydrogen (secondary N) is 2. The van der Waals surface area contributed by atoms with E-state index in [1.165, 1.54) is 7.11 Å². The second kappa shape index (κ2) is 7.22. The fourth-order valence-corrected chi connectivity index (χ4v) is 2.37. The third-order valence-corrected chi connectivity index (χ3v) is 3.77. The van der Waals surface area contributed by atoms with Crippen molar-refractivity contribution in [1.82, 2.24) is 10.6 Å². The predicted molar refractivity (Wildman–Crippen MR) is 79.8 cm³/mol. The van der Waals surface area contributed by atoms with Crippen LogP contribution in [-0.4, -0.2) is 38.6 Å². The van der Waals surface area contributed by atoms with E-state index in [0.717, 1.165) is 11.1 Å². The zero-order valence-electron chi connectivity index (χ0n) is 12.5. The van der Waals surface area contributed by atoms with Crippen molar-refractivity contribution < 1.29 is 14.3 Å². The summed E-state index contributed by atoms with van der Waals surface area (Å²) in [4.78, 5) is 23.7. The molecule has 1 aliphatic heterocycles. The zero-order chi connectivity index (χ0) is 15.2. The van der Waals surface area contributed by atoms with Crippen molar-refractivity contribution in [1.29, 1.82) is 0 Å². The van der Waals surface area contributed by atoms with Crippen molar-refractivity contribution in [2.24, 2.45) is 11.8 Å². The maximum atomic E-state index is 11.9. The summed E-state index contributed by atoms with van der Waals surface area (Å²) in [6.45, 7) is 3.76. The fourth-order valence-electron chi connectivity index (χ4n) is 2.37. The Morgan fingerprint density at radius 2 is 2.19 bits per heavy atom. The molecule has 1 heterocycles. The minimum Gasteiger partial charge on any atom is -0.469 e. The number of benzene rings is 1. The first-order chi connectivity index (χ1) is 10.1. The normalized spacial score (nSPS) is 15.9. The zero-order valence-corrected chi connectivity index (χ0v) is 12.5. The van der Waals surface area contributed by atoms with Crippen molar-refractivity contribution in [2.45, 2.75) is 13.3 Å². The van der Waals surface area contributed by atoms with Crippen molar-refractivity contribution >= 4 is 11.9 Å². The lowest BCUT2D eigenvalue weighted by atomic mass is 9.97. The lowest BCUT2D eigenvalue weighted by Crippen LogP contribution is -2.51. The summed E-state index contributed by atoms with van der Waals surface area (Å²) < 4.78 is 4.85. The first kappa shape index (κ1) is 15.5. The highest BCUT2D eigenvalue weighted by Crippen LogP contribution is 2.12. The van der Waals surface area contributed by atoms with Gasteiger partial charge in [-0.05, 0) is 18.9 Å². The van der Waals surface area contributed by atoms with Crippen LogP contribution in [0, 0.1) is 18.8 Å². The van der Waals surface area contributed by atoms with E-state index in [0.29, 0.717) is 26.1 Å². The van der Waals surface area contributed by atoms with Gasteiger partial charge in [0, 0.05) is 19.6 Å². The first-order valence-electron chi connectivity index (χ1n) is 7.22. The number of hydrogen-bond donors (Lipinski definition) is 2. The molecule has 114 valence electrons. The van der Waals surface area contributed by atoms with Gasteiger partial charge in [-0.3, -0.25) is 9.59 Å². The van der Waals surface area contributed by atoms with Crippen molar-refractivity contribution in [3.05, 3.63) is 35.4 Å². The molecular formula is C16H22N2O3. The lowest BCUT2D eigenvalue weighted by Gasteiger charge is -2.26. The molecule has 2 rings (SSSR count). The van der Waals surface area contributed by atoms with Gasteiger partial charge < -0.3 is 15.4 Å². The molecule has 1 saturated heterocycles. The van der Waals surface area contributed by atoms with Gasteiger partial charge in [0.05, 0.1) is 18.9 Å². The topological polar surface area (TPSA) is 67.4 Å². The Bertz CT molecular complexity index is 512. The number of ether oxygens (including phenoxy) is 1. The molecule has 1 aromatic rings. The van der Waals surface area contributed by atoms with E-state index in [4.69, 9.17) is 4.74 Å². The van der Waals surface area contributed by atoms with Gasteiger partial charge in [-0.2, -0.15) is 0 Å². The molecule has 1 fully saturated rings. The minimum absolute atomic E-state index is 0.00638. The Hall–Kier alpha value is -1.88. The van der Waals surface area contributed by atoms with Crippen LogP contribution < -0.4 is 10.6 Å². The number of amides is 1. The van der Waals surface area contributed by atoms with Crippen molar-refractivity contribution in [3.63, 3.8) is 0 Å². The molecule has 1 unspecified atom stereocenters. The fraction of sp³-hybridized carbons (Fsp3) is 0.500. The molecule has 1 aliphatic rings. The number of aryl methyl sites for hydroxylation is 1.